The van der Waals surface area contributed by atoms with Crippen molar-refractivity contribution < 1.29 is 0 Å². The third kappa shape index (κ3) is 13.5. The SMILES string of the molecule is Cc1cc(C)c(-c2cccc(-c3c(C)cc(C)cc3C)c2-c2cc(-c3cc(C(C)(C)C)cc(C(C)(C)C)c3)cc3c2Nc2cc(-n4c5ccccc5c5cc(C(C)(C)C)ccc54)cc4c2B3c2cc(-c3cc(C(C)(C)C)cc(C(C)(C)C)c3)cc(-c3c(-c5c(C)cc(C)cc5C)cccc3-c3c(C)cc(C)cc3C)c2N4)c(C)c1. The molecule has 0 bridgehead atoms. The van der Waals surface area contributed by atoms with E-state index in [1.54, 1.807) is 0 Å². The quantitative estimate of drug-likeness (QED) is 0.141. The third-order valence-electron chi connectivity index (χ3n) is 25.2. The van der Waals surface area contributed by atoms with E-state index in [1.807, 2.05) is 0 Å². The number of hydrogen-bond acceptors (Lipinski definition) is 2. The van der Waals surface area contributed by atoms with E-state index in [9.17, 15) is 0 Å². The molecule has 1 aromatic heterocycles. The molecule has 574 valence electrons. The minimum Gasteiger partial charge on any atom is -0.356 e. The number of nitrogens with zero attached hydrogens (tertiary/aromatic N) is 1. The van der Waals surface area contributed by atoms with E-state index >= 15 is 0 Å². The van der Waals surface area contributed by atoms with Gasteiger partial charge < -0.3 is 15.2 Å². The summed E-state index contributed by atoms with van der Waals surface area (Å²) in [6.07, 6.45) is 0. The van der Waals surface area contributed by atoms with Crippen LogP contribution in [-0.2, 0) is 27.1 Å². The summed E-state index contributed by atoms with van der Waals surface area (Å²) in [5, 5.41) is 11.6. The number of nitrogens with one attached hydrogen (secondary N) is 2. The van der Waals surface area contributed by atoms with Gasteiger partial charge in [0.1, 0.15) is 0 Å². The predicted octanol–water partition coefficient (Wildman–Crippen LogP) is 28.9. The molecule has 0 saturated carbocycles. The minimum atomic E-state index is -0.329. The Bertz CT molecular complexity index is 5750. The van der Waals surface area contributed by atoms with Crippen molar-refractivity contribution >= 4 is 67.7 Å². The van der Waals surface area contributed by atoms with Crippen LogP contribution in [0, 0.1) is 83.1 Å². The Morgan fingerprint density at radius 1 is 0.254 bits per heavy atom. The number of rotatable bonds is 9. The van der Waals surface area contributed by atoms with Crippen LogP contribution in [0.4, 0.5) is 22.7 Å². The van der Waals surface area contributed by atoms with Crippen molar-refractivity contribution in [3.05, 3.63) is 295 Å². The molecule has 0 fully saturated rings. The lowest BCUT2D eigenvalue weighted by Crippen LogP contribution is -2.59. The monoisotopic (exact) mass is 1490 g/mol. The highest BCUT2D eigenvalue weighted by Crippen LogP contribution is 2.54. The molecule has 0 amide bonds. The molecule has 0 radical (unpaired) electrons. The van der Waals surface area contributed by atoms with Gasteiger partial charge in [-0.2, -0.15) is 0 Å². The summed E-state index contributed by atoms with van der Waals surface area (Å²) in [6.45, 7) is 62.9. The molecular weight excluding hydrogens is 1370 g/mol. The van der Waals surface area contributed by atoms with E-state index in [-0.39, 0.29) is 33.8 Å². The molecule has 0 unspecified atom stereocenters. The molecule has 0 saturated heterocycles. The fourth-order valence-electron chi connectivity index (χ4n) is 19.8. The van der Waals surface area contributed by atoms with Crippen LogP contribution >= 0.6 is 0 Å². The Morgan fingerprint density at radius 2 is 0.561 bits per heavy atom. The molecule has 16 rings (SSSR count). The average molecular weight is 1490 g/mol. The van der Waals surface area contributed by atoms with Crippen LogP contribution in [0.3, 0.4) is 0 Å². The third-order valence-corrected chi connectivity index (χ3v) is 25.2. The smallest absolute Gasteiger partial charge is 0.252 e. The second-order valence-electron chi connectivity index (χ2n) is 39.6. The molecule has 2 aliphatic heterocycles. The van der Waals surface area contributed by atoms with Gasteiger partial charge in [-0.15, -0.1) is 0 Å². The first kappa shape index (κ1) is 77.3. The lowest BCUT2D eigenvalue weighted by molar-refractivity contribution is 0.568. The van der Waals surface area contributed by atoms with Gasteiger partial charge in [-0.25, -0.2) is 0 Å². The van der Waals surface area contributed by atoms with E-state index in [1.165, 1.54) is 222 Å². The van der Waals surface area contributed by atoms with E-state index < -0.39 is 0 Å². The van der Waals surface area contributed by atoms with E-state index in [4.69, 9.17) is 0 Å². The summed E-state index contributed by atoms with van der Waals surface area (Å²) in [6, 6.07) is 80.4. The van der Waals surface area contributed by atoms with Crippen LogP contribution in [0.15, 0.2) is 200 Å². The van der Waals surface area contributed by atoms with Gasteiger partial charge in [0.2, 0.25) is 0 Å². The Balaban J connectivity index is 1.14. The van der Waals surface area contributed by atoms with Gasteiger partial charge in [-0.3, -0.25) is 0 Å². The highest BCUT2D eigenvalue weighted by Gasteiger charge is 2.43. The Hall–Kier alpha value is -10.7. The molecule has 14 aromatic rings. The number of fused-ring (bicyclic) bond motifs is 7. The van der Waals surface area contributed by atoms with Crippen molar-refractivity contribution in [2.45, 2.75) is 214 Å². The van der Waals surface area contributed by atoms with Crippen molar-refractivity contribution in [3.8, 4) is 94.7 Å². The van der Waals surface area contributed by atoms with E-state index in [2.05, 4.69) is 402 Å². The molecule has 2 N–H and O–H groups in total. The standard InChI is InChI=1S/C110H116BN3/c1-61-40-65(5)97(66(6)41-61)84-33-30-34-85(98-67(7)42-62(2)43-68(98)8)101(84)89-52-75(73-48-78(107(16,17)18)56-79(49-73)108(19,20)21)54-91-104(89)112-93-59-82(114-95-37-29-28-32-83(95)88-58-77(106(13,14)15)38-39-96(88)114)60-94-103(93)111(91)92-55-76(74-50-80(109(22,23)24)57-81(51-74)110(25,26)27)53-90(105(92)113-94)102-86(99-69(9)44-63(3)45-70(99)10)35-31-36-87(102)100-71(11)46-64(4)47-72(100)12/h28-60,112-113H,1-27H3. The van der Waals surface area contributed by atoms with Gasteiger partial charge in [0.25, 0.3) is 6.71 Å². The first-order valence-electron chi connectivity index (χ1n) is 41.6. The Kier molecular flexibility index (Phi) is 18.7. The van der Waals surface area contributed by atoms with Crippen LogP contribution in [0.2, 0.25) is 0 Å². The number of aromatic nitrogens is 1. The summed E-state index contributed by atoms with van der Waals surface area (Å²) in [7, 11) is 0. The number of anilines is 4. The number of para-hydroxylation sites is 1. The van der Waals surface area contributed by atoms with Gasteiger partial charge >= 0.3 is 0 Å². The summed E-state index contributed by atoms with van der Waals surface area (Å²) in [5.41, 5.74) is 52.1. The van der Waals surface area contributed by atoms with Gasteiger partial charge in [0.15, 0.2) is 0 Å². The maximum atomic E-state index is 4.57. The zero-order chi connectivity index (χ0) is 81.4. The van der Waals surface area contributed by atoms with Gasteiger partial charge in [-0.05, 0) is 319 Å². The fraction of sp³-hybridized carbons (Fsp3) is 0.291. The maximum Gasteiger partial charge on any atom is 0.252 e. The van der Waals surface area contributed by atoms with Crippen LogP contribution < -0.4 is 27.0 Å². The molecule has 13 aromatic carbocycles. The Labute approximate surface area is 681 Å². The lowest BCUT2D eigenvalue weighted by Gasteiger charge is -2.38. The summed E-state index contributed by atoms with van der Waals surface area (Å²) in [5.74, 6) is 0. The number of aryl methyl sites for hydroxylation is 12. The van der Waals surface area contributed by atoms with Crippen molar-refractivity contribution in [1.29, 1.82) is 0 Å². The van der Waals surface area contributed by atoms with Crippen molar-refractivity contribution in [2.24, 2.45) is 0 Å². The molecule has 0 atom stereocenters. The largest absolute Gasteiger partial charge is 0.356 e. The van der Waals surface area contributed by atoms with E-state index in [0.29, 0.717) is 0 Å². The molecule has 0 aliphatic carbocycles. The molecule has 114 heavy (non-hydrogen) atoms. The van der Waals surface area contributed by atoms with Crippen molar-refractivity contribution in [3.63, 3.8) is 0 Å². The summed E-state index contributed by atoms with van der Waals surface area (Å²) >= 11 is 0. The topological polar surface area (TPSA) is 29.0 Å². The lowest BCUT2D eigenvalue weighted by atomic mass is 9.33. The summed E-state index contributed by atoms with van der Waals surface area (Å²) < 4.78 is 2.55. The summed E-state index contributed by atoms with van der Waals surface area (Å²) in [4.78, 5) is 0. The first-order chi connectivity index (χ1) is 53.6. The highest BCUT2D eigenvalue weighted by atomic mass is 15.0. The minimum absolute atomic E-state index is 0.0565. The number of hydrogen-bond donors (Lipinski definition) is 2. The fourth-order valence-corrected chi connectivity index (χ4v) is 19.8. The second kappa shape index (κ2) is 27.5. The van der Waals surface area contributed by atoms with Crippen LogP contribution in [-0.4, -0.2) is 11.3 Å². The molecule has 0 spiro atoms. The molecule has 3 nitrogen and oxygen atoms in total. The highest BCUT2D eigenvalue weighted by molar-refractivity contribution is 7.00. The van der Waals surface area contributed by atoms with Gasteiger partial charge in [0, 0.05) is 44.6 Å². The van der Waals surface area contributed by atoms with Gasteiger partial charge in [0.05, 0.1) is 16.7 Å². The molecular formula is C110H116BN3. The zero-order valence-electron chi connectivity index (χ0n) is 73.1. The normalized spacial score (nSPS) is 13.0. The first-order valence-corrected chi connectivity index (χ1v) is 41.6. The molecule has 3 heterocycles. The predicted molar refractivity (Wildman–Crippen MR) is 499 cm³/mol. The zero-order valence-corrected chi connectivity index (χ0v) is 73.1. The van der Waals surface area contributed by atoms with E-state index in [0.717, 1.165) is 28.4 Å². The molecule has 4 heteroatoms. The Morgan fingerprint density at radius 3 is 0.886 bits per heavy atom. The maximum absolute atomic E-state index is 4.57. The second-order valence-corrected chi connectivity index (χ2v) is 39.6. The van der Waals surface area contributed by atoms with Gasteiger partial charge in [-0.1, -0.05) is 284 Å². The van der Waals surface area contributed by atoms with Crippen LogP contribution in [0.25, 0.3) is 117 Å². The van der Waals surface area contributed by atoms with Crippen LogP contribution in [0.5, 0.6) is 0 Å². The van der Waals surface area contributed by atoms with Crippen LogP contribution in [0.1, 0.15) is 198 Å². The van der Waals surface area contributed by atoms with Crippen molar-refractivity contribution in [1.82, 2.24) is 4.57 Å². The van der Waals surface area contributed by atoms with Crippen molar-refractivity contribution in [2.75, 3.05) is 10.6 Å². The molecule has 2 aliphatic rings. The average Bonchev–Trinajstić information content (AvgIpc) is 0.866. The number of benzene rings is 13.